The lowest BCUT2D eigenvalue weighted by atomic mass is 10.2. The number of amides is 1. The van der Waals surface area contributed by atoms with Crippen molar-refractivity contribution in [2.75, 3.05) is 26.6 Å². The maximum atomic E-state index is 12.0. The second-order valence-electron chi connectivity index (χ2n) is 4.11. The smallest absolute Gasteiger partial charge is 0.251 e. The molecule has 0 atom stereocenters. The highest BCUT2D eigenvalue weighted by Crippen LogP contribution is 2.22. The summed E-state index contributed by atoms with van der Waals surface area (Å²) in [6, 6.07) is 5.12. The quantitative estimate of drug-likeness (QED) is 0.590. The average molecular weight is 286 g/mol. The molecular weight excluding hydrogens is 266 g/mol. The van der Waals surface area contributed by atoms with Crippen molar-refractivity contribution < 1.29 is 14.3 Å². The van der Waals surface area contributed by atoms with E-state index in [1.54, 1.807) is 32.4 Å². The third kappa shape index (κ3) is 5.39. The summed E-state index contributed by atoms with van der Waals surface area (Å²) in [6.45, 7) is 0.648. The maximum Gasteiger partial charge on any atom is 0.251 e. The first-order valence-corrected chi connectivity index (χ1v) is 6.82. The molecule has 19 heavy (non-hydrogen) atoms. The molecule has 0 aliphatic rings. The lowest BCUT2D eigenvalue weighted by Gasteiger charge is -2.09. The Labute approximate surface area is 119 Å². The molecule has 0 fully saturated rings. The number of hydrogen-bond donors (Lipinski definition) is 1. The minimum absolute atomic E-state index is 0.122. The SMILES string of the molecule is COc1cc(OC)cc(C(=O)NCCCCCCl)c1. The molecule has 1 amide bonds. The second kappa shape index (κ2) is 8.64. The number of methoxy groups -OCH3 is 2. The zero-order chi connectivity index (χ0) is 14.1. The van der Waals surface area contributed by atoms with Crippen LogP contribution in [0.4, 0.5) is 0 Å². The summed E-state index contributed by atoms with van der Waals surface area (Å²) in [5, 5.41) is 2.87. The van der Waals surface area contributed by atoms with Gasteiger partial charge in [0.1, 0.15) is 11.5 Å². The molecule has 1 N–H and O–H groups in total. The molecule has 106 valence electrons. The average Bonchev–Trinajstić information content (AvgIpc) is 2.46. The van der Waals surface area contributed by atoms with E-state index >= 15 is 0 Å². The van der Waals surface area contributed by atoms with E-state index in [0.717, 1.165) is 19.3 Å². The van der Waals surface area contributed by atoms with Gasteiger partial charge in [-0.15, -0.1) is 11.6 Å². The van der Waals surface area contributed by atoms with Gasteiger partial charge in [-0.2, -0.15) is 0 Å². The van der Waals surface area contributed by atoms with Crippen molar-refractivity contribution in [3.05, 3.63) is 23.8 Å². The number of ether oxygens (including phenoxy) is 2. The van der Waals surface area contributed by atoms with Crippen LogP contribution >= 0.6 is 11.6 Å². The van der Waals surface area contributed by atoms with E-state index in [1.165, 1.54) is 0 Å². The van der Waals surface area contributed by atoms with E-state index in [2.05, 4.69) is 5.32 Å². The number of carbonyl (C=O) groups is 1. The number of benzene rings is 1. The van der Waals surface area contributed by atoms with Crippen LogP contribution in [0.3, 0.4) is 0 Å². The van der Waals surface area contributed by atoms with Gasteiger partial charge >= 0.3 is 0 Å². The zero-order valence-corrected chi connectivity index (χ0v) is 12.1. The Morgan fingerprint density at radius 3 is 2.26 bits per heavy atom. The number of hydrogen-bond acceptors (Lipinski definition) is 3. The number of nitrogens with one attached hydrogen (secondary N) is 1. The van der Waals surface area contributed by atoms with E-state index in [0.29, 0.717) is 29.5 Å². The highest BCUT2D eigenvalue weighted by atomic mass is 35.5. The van der Waals surface area contributed by atoms with Gasteiger partial charge in [-0.25, -0.2) is 0 Å². The molecule has 0 bridgehead atoms. The van der Waals surface area contributed by atoms with Gasteiger partial charge in [0.05, 0.1) is 14.2 Å². The van der Waals surface area contributed by atoms with Crippen LogP contribution in [0.15, 0.2) is 18.2 Å². The van der Waals surface area contributed by atoms with Gasteiger partial charge in [0, 0.05) is 24.1 Å². The van der Waals surface area contributed by atoms with E-state index in [-0.39, 0.29) is 5.91 Å². The maximum absolute atomic E-state index is 12.0. The standard InChI is InChI=1S/C14H20ClNO3/c1-18-12-8-11(9-13(10-12)19-2)14(17)16-7-5-3-4-6-15/h8-10H,3-7H2,1-2H3,(H,16,17). The van der Waals surface area contributed by atoms with Crippen LogP contribution in [-0.2, 0) is 0 Å². The minimum atomic E-state index is -0.122. The third-order valence-electron chi connectivity index (χ3n) is 2.71. The van der Waals surface area contributed by atoms with Crippen molar-refractivity contribution in [2.24, 2.45) is 0 Å². The molecule has 1 aromatic carbocycles. The molecular formula is C14H20ClNO3. The lowest BCUT2D eigenvalue weighted by molar-refractivity contribution is 0.0952. The molecule has 0 aliphatic heterocycles. The number of carbonyl (C=O) groups excluding carboxylic acids is 1. The van der Waals surface area contributed by atoms with Gasteiger partial charge in [0.2, 0.25) is 0 Å². The molecule has 1 aromatic rings. The molecule has 0 saturated carbocycles. The van der Waals surface area contributed by atoms with Crippen LogP contribution in [-0.4, -0.2) is 32.6 Å². The first kappa shape index (κ1) is 15.6. The molecule has 0 aliphatic carbocycles. The van der Waals surface area contributed by atoms with Crippen LogP contribution in [0, 0.1) is 0 Å². The van der Waals surface area contributed by atoms with E-state index in [4.69, 9.17) is 21.1 Å². The fourth-order valence-electron chi connectivity index (χ4n) is 1.64. The number of halogens is 1. The van der Waals surface area contributed by atoms with Gasteiger partial charge in [0.25, 0.3) is 5.91 Å². The normalized spacial score (nSPS) is 10.1. The van der Waals surface area contributed by atoms with Crippen molar-refractivity contribution in [1.82, 2.24) is 5.32 Å². The number of alkyl halides is 1. The molecule has 4 nitrogen and oxygen atoms in total. The van der Waals surface area contributed by atoms with Crippen molar-refractivity contribution in [3.8, 4) is 11.5 Å². The Hall–Kier alpha value is -1.42. The molecule has 1 rings (SSSR count). The van der Waals surface area contributed by atoms with Gasteiger partial charge < -0.3 is 14.8 Å². The van der Waals surface area contributed by atoms with E-state index < -0.39 is 0 Å². The predicted octanol–water partition coefficient (Wildman–Crippen LogP) is 2.84. The predicted molar refractivity (Wildman–Crippen MR) is 76.5 cm³/mol. The highest BCUT2D eigenvalue weighted by molar-refractivity contribution is 6.17. The largest absolute Gasteiger partial charge is 0.497 e. The molecule has 0 heterocycles. The minimum Gasteiger partial charge on any atom is -0.497 e. The van der Waals surface area contributed by atoms with Crippen molar-refractivity contribution in [2.45, 2.75) is 19.3 Å². The Balaban J connectivity index is 2.55. The fraction of sp³-hybridized carbons (Fsp3) is 0.500. The summed E-state index contributed by atoms with van der Waals surface area (Å²) in [6.07, 6.45) is 2.93. The van der Waals surface area contributed by atoms with Crippen molar-refractivity contribution in [1.29, 1.82) is 0 Å². The molecule has 5 heteroatoms. The lowest BCUT2D eigenvalue weighted by Crippen LogP contribution is -2.24. The van der Waals surface area contributed by atoms with Gasteiger partial charge in [-0.1, -0.05) is 6.42 Å². The molecule has 0 spiro atoms. The van der Waals surface area contributed by atoms with Gasteiger partial charge in [0.15, 0.2) is 0 Å². The van der Waals surface area contributed by atoms with Gasteiger partial charge in [-0.3, -0.25) is 4.79 Å². The Bertz CT molecular complexity index is 387. The summed E-state index contributed by atoms with van der Waals surface area (Å²) in [5.74, 6) is 1.75. The second-order valence-corrected chi connectivity index (χ2v) is 4.48. The van der Waals surface area contributed by atoms with E-state index in [9.17, 15) is 4.79 Å². The molecule has 0 unspecified atom stereocenters. The Morgan fingerprint density at radius 2 is 1.74 bits per heavy atom. The van der Waals surface area contributed by atoms with Gasteiger partial charge in [-0.05, 0) is 25.0 Å². The number of rotatable bonds is 8. The molecule has 0 radical (unpaired) electrons. The fourth-order valence-corrected chi connectivity index (χ4v) is 1.83. The summed E-state index contributed by atoms with van der Waals surface area (Å²) in [5.41, 5.74) is 0.536. The van der Waals surface area contributed by atoms with Crippen LogP contribution < -0.4 is 14.8 Å². The molecule has 0 aromatic heterocycles. The Morgan fingerprint density at radius 1 is 1.11 bits per heavy atom. The van der Waals surface area contributed by atoms with Crippen LogP contribution in [0.25, 0.3) is 0 Å². The molecule has 0 saturated heterocycles. The highest BCUT2D eigenvalue weighted by Gasteiger charge is 2.09. The van der Waals surface area contributed by atoms with Crippen LogP contribution in [0.1, 0.15) is 29.6 Å². The summed E-state index contributed by atoms with van der Waals surface area (Å²) >= 11 is 5.59. The van der Waals surface area contributed by atoms with Crippen LogP contribution in [0.5, 0.6) is 11.5 Å². The topological polar surface area (TPSA) is 47.6 Å². The summed E-state index contributed by atoms with van der Waals surface area (Å²) in [4.78, 5) is 12.0. The zero-order valence-electron chi connectivity index (χ0n) is 11.4. The summed E-state index contributed by atoms with van der Waals surface area (Å²) in [7, 11) is 3.12. The van der Waals surface area contributed by atoms with Crippen molar-refractivity contribution in [3.63, 3.8) is 0 Å². The van der Waals surface area contributed by atoms with Crippen LogP contribution in [0.2, 0.25) is 0 Å². The summed E-state index contributed by atoms with van der Waals surface area (Å²) < 4.78 is 10.3. The van der Waals surface area contributed by atoms with Crippen molar-refractivity contribution >= 4 is 17.5 Å². The first-order chi connectivity index (χ1) is 9.21. The third-order valence-corrected chi connectivity index (χ3v) is 2.98. The number of unbranched alkanes of at least 4 members (excludes halogenated alkanes) is 2. The Kier molecular flexibility index (Phi) is 7.11. The first-order valence-electron chi connectivity index (χ1n) is 6.28. The monoisotopic (exact) mass is 285 g/mol. The van der Waals surface area contributed by atoms with E-state index in [1.807, 2.05) is 0 Å².